The third-order valence-electron chi connectivity index (χ3n) is 7.85. The Balaban J connectivity index is 1.52. The number of fused-ring (bicyclic) bond motifs is 1. The zero-order valence-electron chi connectivity index (χ0n) is 20.4. The van der Waals surface area contributed by atoms with Gasteiger partial charge in [0.25, 0.3) is 24.3 Å². The Morgan fingerprint density at radius 2 is 1.69 bits per heavy atom. The molecule has 1 amide bonds. The molecule has 1 saturated heterocycles. The van der Waals surface area contributed by atoms with E-state index in [9.17, 15) is 44.7 Å². The van der Waals surface area contributed by atoms with Crippen molar-refractivity contribution in [3.8, 4) is 0 Å². The molecular weight excluding hydrogens is 540 g/mol. The van der Waals surface area contributed by atoms with E-state index in [-0.39, 0.29) is 36.4 Å². The van der Waals surface area contributed by atoms with Gasteiger partial charge in [-0.1, -0.05) is 18.2 Å². The summed E-state index contributed by atoms with van der Waals surface area (Å²) >= 11 is 0. The van der Waals surface area contributed by atoms with Gasteiger partial charge in [0, 0.05) is 37.0 Å². The van der Waals surface area contributed by atoms with E-state index in [1.807, 2.05) is 7.05 Å². The van der Waals surface area contributed by atoms with Gasteiger partial charge in [-0.25, -0.2) is 22.0 Å². The third-order valence-corrected chi connectivity index (χ3v) is 7.85. The minimum absolute atomic E-state index is 0.0751. The Bertz CT molecular complexity index is 1330. The lowest BCUT2D eigenvalue weighted by Gasteiger charge is -2.25. The second kappa shape index (κ2) is 9.49. The van der Waals surface area contributed by atoms with Gasteiger partial charge in [0.1, 0.15) is 11.4 Å². The number of rotatable bonds is 8. The van der Waals surface area contributed by atoms with Gasteiger partial charge in [0.15, 0.2) is 6.04 Å². The molecule has 3 fully saturated rings. The molecule has 2 heterocycles. The van der Waals surface area contributed by atoms with Gasteiger partial charge in [0.05, 0.1) is 16.8 Å². The molecule has 1 aliphatic heterocycles. The van der Waals surface area contributed by atoms with E-state index < -0.39 is 64.6 Å². The summed E-state index contributed by atoms with van der Waals surface area (Å²) in [7, 11) is 1.90. The molecule has 14 heteroatoms. The molecule has 3 aliphatic rings. The van der Waals surface area contributed by atoms with E-state index in [4.69, 9.17) is 0 Å². The van der Waals surface area contributed by atoms with Crippen molar-refractivity contribution >= 4 is 11.6 Å². The molecule has 4 atom stereocenters. The molecule has 39 heavy (non-hydrogen) atoms. The Kier molecular flexibility index (Phi) is 6.67. The van der Waals surface area contributed by atoms with Gasteiger partial charge in [0.2, 0.25) is 0 Å². The Hall–Kier alpha value is -3.16. The first-order valence-corrected chi connectivity index (χ1v) is 12.2. The van der Waals surface area contributed by atoms with Crippen LogP contribution >= 0.6 is 0 Å². The summed E-state index contributed by atoms with van der Waals surface area (Å²) in [6.07, 6.45) is -11.0. The summed E-state index contributed by atoms with van der Waals surface area (Å²) in [6, 6.07) is -0.268. The number of pyridine rings is 1. The van der Waals surface area contributed by atoms with Crippen molar-refractivity contribution in [1.82, 2.24) is 14.8 Å². The first-order valence-electron chi connectivity index (χ1n) is 12.2. The van der Waals surface area contributed by atoms with E-state index >= 15 is 0 Å². The number of nitrogens with one attached hydrogen (secondary N) is 2. The number of carbonyl (C=O) groups excluding carboxylic acids is 1. The van der Waals surface area contributed by atoms with Crippen molar-refractivity contribution in [2.24, 2.45) is 11.8 Å². The maximum absolute atomic E-state index is 14.7. The fourth-order valence-electron chi connectivity index (χ4n) is 5.51. The number of amides is 1. The molecule has 0 bridgehead atoms. The predicted octanol–water partition coefficient (Wildman–Crippen LogP) is 4.68. The van der Waals surface area contributed by atoms with Crippen molar-refractivity contribution < 1.29 is 39.9 Å². The van der Waals surface area contributed by atoms with Crippen LogP contribution in [0.15, 0.2) is 35.3 Å². The lowest BCUT2D eigenvalue weighted by molar-refractivity contribution is -0.155. The number of carbonyl (C=O) groups is 1. The summed E-state index contributed by atoms with van der Waals surface area (Å²) in [5.41, 5.74) is -5.93. The first kappa shape index (κ1) is 27.4. The fraction of sp³-hybridized carbons (Fsp3) is 0.520. The van der Waals surface area contributed by atoms with Gasteiger partial charge in [-0.2, -0.15) is 13.2 Å². The highest BCUT2D eigenvalue weighted by Gasteiger charge is 2.56. The smallest absolute Gasteiger partial charge is 0.381 e. The van der Waals surface area contributed by atoms with Crippen LogP contribution in [0.3, 0.4) is 0 Å². The zero-order valence-corrected chi connectivity index (χ0v) is 20.4. The molecule has 0 radical (unpaired) electrons. The van der Waals surface area contributed by atoms with Crippen molar-refractivity contribution in [3.05, 3.63) is 63.3 Å². The van der Waals surface area contributed by atoms with Crippen molar-refractivity contribution in [1.29, 1.82) is 0 Å². The average Bonchev–Trinajstić information content (AvgIpc) is 3.72. The molecule has 1 aromatic heterocycles. The number of anilines is 1. The van der Waals surface area contributed by atoms with E-state index in [2.05, 4.69) is 10.2 Å². The number of halogens is 8. The van der Waals surface area contributed by atoms with Crippen LogP contribution in [0.1, 0.15) is 46.8 Å². The molecule has 2 aromatic rings. The van der Waals surface area contributed by atoms with Crippen LogP contribution in [-0.4, -0.2) is 54.2 Å². The Morgan fingerprint density at radius 3 is 2.23 bits per heavy atom. The summed E-state index contributed by atoms with van der Waals surface area (Å²) < 4.78 is 111. The Labute approximate surface area is 217 Å². The zero-order chi connectivity index (χ0) is 28.4. The lowest BCUT2D eigenvalue weighted by Crippen LogP contribution is -2.41. The van der Waals surface area contributed by atoms with Gasteiger partial charge >= 0.3 is 6.18 Å². The van der Waals surface area contributed by atoms with Gasteiger partial charge < -0.3 is 20.1 Å². The highest BCUT2D eigenvalue weighted by Crippen LogP contribution is 2.49. The van der Waals surface area contributed by atoms with Crippen LogP contribution in [0.4, 0.5) is 40.8 Å². The predicted molar refractivity (Wildman–Crippen MR) is 123 cm³/mol. The second-order valence-electron chi connectivity index (χ2n) is 10.4. The number of nitrogens with zero attached hydrogens (tertiary/aromatic N) is 2. The average molecular weight is 564 g/mol. The van der Waals surface area contributed by atoms with Crippen LogP contribution in [0.25, 0.3) is 0 Å². The number of alkyl halides is 7. The van der Waals surface area contributed by atoms with Crippen molar-refractivity contribution in [2.75, 3.05) is 25.5 Å². The number of benzene rings is 1. The molecule has 0 unspecified atom stereocenters. The number of hydrogen-bond acceptors (Lipinski definition) is 4. The molecular formula is C25H24F8N4O2. The second-order valence-corrected chi connectivity index (χ2v) is 10.4. The fourth-order valence-corrected chi connectivity index (χ4v) is 5.51. The van der Waals surface area contributed by atoms with Crippen molar-refractivity contribution in [3.63, 3.8) is 0 Å². The largest absolute Gasteiger partial charge is 0.412 e. The number of hydrogen-bond donors (Lipinski definition) is 2. The van der Waals surface area contributed by atoms with Crippen LogP contribution in [0.5, 0.6) is 0 Å². The number of likely N-dealkylation sites (tertiary alicyclic amines) is 1. The molecule has 0 spiro atoms. The highest BCUT2D eigenvalue weighted by atomic mass is 19.4. The molecule has 1 aromatic carbocycles. The maximum Gasteiger partial charge on any atom is 0.412 e. The standard InChI is InChI=1S/C25H24F8N4O2/c1-36-8-13-14(9-36)19(13)34-16-7-17(38)37(24(5-6-24)23(29)30)10-15(16)22(39)35-20(25(31,32)33)11-3-2-4-12(18(11)26)21(27)28/h2-4,7,10,13-14,19-21,23,34H,5-6,8-9H2,1H3,(H,35,39)/t13-,14+,19-,20-/m1/s1. The van der Waals surface area contributed by atoms with E-state index in [0.717, 1.165) is 18.3 Å². The molecule has 5 rings (SSSR count). The van der Waals surface area contributed by atoms with E-state index in [1.165, 1.54) is 0 Å². The van der Waals surface area contributed by atoms with Gasteiger partial charge in [-0.05, 0) is 31.7 Å². The molecule has 212 valence electrons. The monoisotopic (exact) mass is 564 g/mol. The van der Waals surface area contributed by atoms with E-state index in [1.54, 1.807) is 5.32 Å². The topological polar surface area (TPSA) is 66.4 Å². The molecule has 2 aliphatic carbocycles. The summed E-state index contributed by atoms with van der Waals surface area (Å²) in [6.45, 7) is 1.43. The van der Waals surface area contributed by atoms with Crippen LogP contribution in [-0.2, 0) is 5.54 Å². The Morgan fingerprint density at radius 1 is 1.08 bits per heavy atom. The number of piperidine rings is 1. The normalized spacial score (nSPS) is 24.5. The molecule has 2 N–H and O–H groups in total. The van der Waals surface area contributed by atoms with Crippen LogP contribution < -0.4 is 16.2 Å². The summed E-state index contributed by atoms with van der Waals surface area (Å²) in [5, 5.41) is 4.64. The van der Waals surface area contributed by atoms with Crippen LogP contribution in [0, 0.1) is 17.7 Å². The van der Waals surface area contributed by atoms with Crippen LogP contribution in [0.2, 0.25) is 0 Å². The molecule has 6 nitrogen and oxygen atoms in total. The first-order chi connectivity index (χ1) is 18.2. The SMILES string of the molecule is CN1C[C@@H]2[C@H](C1)[C@@H]2Nc1cc(=O)n(C2(C(F)F)CC2)cc1C(=O)N[C@H](c1cccc(C(F)F)c1F)C(F)(F)F. The number of aromatic nitrogens is 1. The molecule has 2 saturated carbocycles. The van der Waals surface area contributed by atoms with Crippen molar-refractivity contribution in [2.45, 2.75) is 49.5 Å². The van der Waals surface area contributed by atoms with Gasteiger partial charge in [-0.15, -0.1) is 0 Å². The highest BCUT2D eigenvalue weighted by molar-refractivity contribution is 5.99. The lowest BCUT2D eigenvalue weighted by atomic mass is 10.0. The maximum atomic E-state index is 14.7. The minimum atomic E-state index is -5.31. The van der Waals surface area contributed by atoms with Gasteiger partial charge in [-0.3, -0.25) is 9.59 Å². The van der Waals surface area contributed by atoms with E-state index in [0.29, 0.717) is 29.8 Å². The quantitative estimate of drug-likeness (QED) is 0.457. The summed E-state index contributed by atoms with van der Waals surface area (Å²) in [5.74, 6) is -2.94. The third kappa shape index (κ3) is 4.87. The summed E-state index contributed by atoms with van der Waals surface area (Å²) in [4.78, 5) is 28.1. The minimum Gasteiger partial charge on any atom is -0.381 e.